The summed E-state index contributed by atoms with van der Waals surface area (Å²) in [6, 6.07) is 14.1. The molecule has 0 saturated carbocycles. The number of anilines is 1. The second kappa shape index (κ2) is 11.9. The van der Waals surface area contributed by atoms with Crippen molar-refractivity contribution in [2.24, 2.45) is 0 Å². The number of aliphatic hydroxyl groups is 1. The van der Waals surface area contributed by atoms with Crippen LogP contribution in [0, 0.1) is 0 Å². The first-order valence-corrected chi connectivity index (χ1v) is 12.3. The first-order valence-electron chi connectivity index (χ1n) is 12.3. The second-order valence-corrected chi connectivity index (χ2v) is 8.82. The van der Waals surface area contributed by atoms with E-state index in [-0.39, 0.29) is 11.3 Å². The first-order chi connectivity index (χ1) is 16.8. The number of benzene rings is 2. The van der Waals surface area contributed by atoms with E-state index >= 15 is 0 Å². The SMILES string of the molecule is CCOc1cccc(/C(O)=C2\C(=O)C(=O)N(CCCN(CC)CC)C2c2ccc(N(C)C)cc2)c1. The Morgan fingerprint density at radius 2 is 1.71 bits per heavy atom. The second-order valence-electron chi connectivity index (χ2n) is 8.82. The lowest BCUT2D eigenvalue weighted by Gasteiger charge is -2.27. The average Bonchev–Trinajstić information content (AvgIpc) is 3.11. The molecule has 0 spiro atoms. The molecular weight excluding hydrogens is 442 g/mol. The number of Topliss-reactive ketones (excluding diaryl/α,β-unsaturated/α-hetero) is 1. The van der Waals surface area contributed by atoms with Crippen molar-refractivity contribution in [3.05, 3.63) is 65.2 Å². The molecule has 1 fully saturated rings. The molecular formula is C28H37N3O4. The number of rotatable bonds is 11. The van der Waals surface area contributed by atoms with E-state index in [1.54, 1.807) is 29.2 Å². The Kier molecular flexibility index (Phi) is 8.93. The van der Waals surface area contributed by atoms with Gasteiger partial charge >= 0.3 is 0 Å². The van der Waals surface area contributed by atoms with Gasteiger partial charge in [-0.1, -0.05) is 38.1 Å². The number of carbonyl (C=O) groups is 2. The highest BCUT2D eigenvalue weighted by molar-refractivity contribution is 6.46. The van der Waals surface area contributed by atoms with E-state index in [0.717, 1.165) is 37.3 Å². The number of nitrogens with zero attached hydrogens (tertiary/aromatic N) is 3. The van der Waals surface area contributed by atoms with Crippen molar-refractivity contribution in [3.8, 4) is 5.75 Å². The third-order valence-corrected chi connectivity index (χ3v) is 6.45. The quantitative estimate of drug-likeness (QED) is 0.294. The minimum absolute atomic E-state index is 0.115. The van der Waals surface area contributed by atoms with E-state index < -0.39 is 17.7 Å². The van der Waals surface area contributed by atoms with Gasteiger partial charge in [-0.25, -0.2) is 0 Å². The summed E-state index contributed by atoms with van der Waals surface area (Å²) in [6.07, 6.45) is 0.737. The summed E-state index contributed by atoms with van der Waals surface area (Å²) in [7, 11) is 3.92. The van der Waals surface area contributed by atoms with Crippen LogP contribution in [0.4, 0.5) is 5.69 Å². The zero-order valence-electron chi connectivity index (χ0n) is 21.5. The zero-order chi connectivity index (χ0) is 25.5. The van der Waals surface area contributed by atoms with Gasteiger partial charge in [0.15, 0.2) is 0 Å². The number of aliphatic hydroxyl groups excluding tert-OH is 1. The van der Waals surface area contributed by atoms with Crippen LogP contribution in [0.5, 0.6) is 5.75 Å². The van der Waals surface area contributed by atoms with E-state index in [1.165, 1.54) is 0 Å². The summed E-state index contributed by atoms with van der Waals surface area (Å²) in [6.45, 7) is 9.71. The van der Waals surface area contributed by atoms with E-state index in [9.17, 15) is 14.7 Å². The predicted molar refractivity (Wildman–Crippen MR) is 140 cm³/mol. The van der Waals surface area contributed by atoms with Crippen LogP contribution in [0.3, 0.4) is 0 Å². The minimum atomic E-state index is -0.658. The van der Waals surface area contributed by atoms with Crippen molar-refractivity contribution in [3.63, 3.8) is 0 Å². The van der Waals surface area contributed by atoms with Crippen LogP contribution < -0.4 is 9.64 Å². The molecule has 2 aromatic carbocycles. The zero-order valence-corrected chi connectivity index (χ0v) is 21.5. The maximum Gasteiger partial charge on any atom is 0.295 e. The molecule has 1 aliphatic heterocycles. The first kappa shape index (κ1) is 26.3. The van der Waals surface area contributed by atoms with Gasteiger partial charge in [0.25, 0.3) is 11.7 Å². The van der Waals surface area contributed by atoms with E-state index in [2.05, 4.69) is 18.7 Å². The van der Waals surface area contributed by atoms with Gasteiger partial charge in [0.1, 0.15) is 11.5 Å². The van der Waals surface area contributed by atoms with Gasteiger partial charge in [-0.05, 0) is 62.8 Å². The molecule has 2 aromatic rings. The van der Waals surface area contributed by atoms with E-state index in [4.69, 9.17) is 4.74 Å². The lowest BCUT2D eigenvalue weighted by atomic mass is 9.95. The number of amides is 1. The van der Waals surface area contributed by atoms with Crippen LogP contribution in [-0.4, -0.2) is 73.5 Å². The van der Waals surface area contributed by atoms with Gasteiger partial charge in [0.05, 0.1) is 18.2 Å². The lowest BCUT2D eigenvalue weighted by molar-refractivity contribution is -0.140. The molecule has 1 saturated heterocycles. The molecule has 1 amide bonds. The number of ether oxygens (including phenoxy) is 1. The van der Waals surface area contributed by atoms with Gasteiger partial charge < -0.3 is 24.5 Å². The predicted octanol–water partition coefficient (Wildman–Crippen LogP) is 4.30. The summed E-state index contributed by atoms with van der Waals surface area (Å²) in [4.78, 5) is 32.3. The highest BCUT2D eigenvalue weighted by atomic mass is 16.5. The Morgan fingerprint density at radius 3 is 2.31 bits per heavy atom. The molecule has 188 valence electrons. The van der Waals surface area contributed by atoms with Gasteiger partial charge in [0, 0.05) is 31.9 Å². The van der Waals surface area contributed by atoms with Crippen molar-refractivity contribution in [1.29, 1.82) is 0 Å². The maximum atomic E-state index is 13.3. The van der Waals surface area contributed by atoms with Gasteiger partial charge in [-0.3, -0.25) is 9.59 Å². The Morgan fingerprint density at radius 1 is 1.03 bits per heavy atom. The normalized spacial score (nSPS) is 17.3. The van der Waals surface area contributed by atoms with Crippen LogP contribution >= 0.6 is 0 Å². The van der Waals surface area contributed by atoms with Crippen molar-refractivity contribution >= 4 is 23.1 Å². The van der Waals surface area contributed by atoms with Crippen molar-refractivity contribution in [2.45, 2.75) is 33.2 Å². The fourth-order valence-corrected chi connectivity index (χ4v) is 4.47. The Labute approximate surface area is 208 Å². The fraction of sp³-hybridized carbons (Fsp3) is 0.429. The Hall–Kier alpha value is -3.32. The summed E-state index contributed by atoms with van der Waals surface area (Å²) in [5.41, 5.74) is 2.37. The number of hydrogen-bond donors (Lipinski definition) is 1. The highest BCUT2D eigenvalue weighted by Gasteiger charge is 2.45. The Balaban J connectivity index is 2.04. The van der Waals surface area contributed by atoms with Crippen LogP contribution in [0.2, 0.25) is 0 Å². The highest BCUT2D eigenvalue weighted by Crippen LogP contribution is 2.40. The van der Waals surface area contributed by atoms with Gasteiger partial charge in [-0.15, -0.1) is 0 Å². The smallest absolute Gasteiger partial charge is 0.295 e. The van der Waals surface area contributed by atoms with Gasteiger partial charge in [-0.2, -0.15) is 0 Å². The van der Waals surface area contributed by atoms with Crippen LogP contribution in [0.15, 0.2) is 54.1 Å². The van der Waals surface area contributed by atoms with Crippen molar-refractivity contribution < 1.29 is 19.4 Å². The summed E-state index contributed by atoms with van der Waals surface area (Å²) in [5.74, 6) is -0.822. The molecule has 1 unspecified atom stereocenters. The molecule has 0 aromatic heterocycles. The summed E-state index contributed by atoms with van der Waals surface area (Å²) >= 11 is 0. The topological polar surface area (TPSA) is 73.3 Å². The van der Waals surface area contributed by atoms with Crippen molar-refractivity contribution in [1.82, 2.24) is 9.80 Å². The number of carbonyl (C=O) groups excluding carboxylic acids is 2. The fourth-order valence-electron chi connectivity index (χ4n) is 4.47. The van der Waals surface area contributed by atoms with E-state index in [0.29, 0.717) is 24.5 Å². The molecule has 0 radical (unpaired) electrons. The summed E-state index contributed by atoms with van der Waals surface area (Å²) in [5, 5.41) is 11.3. The maximum absolute atomic E-state index is 13.3. The Bertz CT molecular complexity index is 1060. The molecule has 1 heterocycles. The lowest BCUT2D eigenvalue weighted by Crippen LogP contribution is -2.33. The molecule has 35 heavy (non-hydrogen) atoms. The molecule has 7 nitrogen and oxygen atoms in total. The molecule has 7 heteroatoms. The monoisotopic (exact) mass is 479 g/mol. The largest absolute Gasteiger partial charge is 0.507 e. The molecule has 0 bridgehead atoms. The summed E-state index contributed by atoms with van der Waals surface area (Å²) < 4.78 is 5.57. The molecule has 0 aliphatic carbocycles. The molecule has 1 N–H and O–H groups in total. The standard InChI is InChI=1S/C28H37N3O4/c1-6-30(7-2)17-10-18-31-25(20-13-15-22(16-14-20)29(4)5)24(27(33)28(31)34)26(32)21-11-9-12-23(19-21)35-8-3/h9,11-16,19,25,32H,6-8,10,17-18H2,1-5H3/b26-24+. The molecule has 3 rings (SSSR count). The van der Waals surface area contributed by atoms with Gasteiger partial charge in [0.2, 0.25) is 0 Å². The molecule has 1 atom stereocenters. The number of ketones is 1. The van der Waals surface area contributed by atoms with Crippen LogP contribution in [-0.2, 0) is 9.59 Å². The number of hydrogen-bond acceptors (Lipinski definition) is 6. The third-order valence-electron chi connectivity index (χ3n) is 6.45. The third kappa shape index (κ3) is 5.85. The van der Waals surface area contributed by atoms with Crippen LogP contribution in [0.25, 0.3) is 5.76 Å². The van der Waals surface area contributed by atoms with Crippen molar-refractivity contribution in [2.75, 3.05) is 51.8 Å². The van der Waals surface area contributed by atoms with Crippen LogP contribution in [0.1, 0.15) is 44.4 Å². The average molecular weight is 480 g/mol. The molecule has 1 aliphatic rings. The number of likely N-dealkylation sites (tertiary alicyclic amines) is 1. The minimum Gasteiger partial charge on any atom is -0.507 e. The van der Waals surface area contributed by atoms with E-state index in [1.807, 2.05) is 50.2 Å².